The van der Waals surface area contributed by atoms with Gasteiger partial charge in [-0.1, -0.05) is 5.10 Å². The molecule has 0 aliphatic rings. The molecule has 0 bridgehead atoms. The minimum absolute atomic E-state index is 0.484. The maximum absolute atomic E-state index is 4.94. The topological polar surface area (TPSA) is 60.8 Å². The van der Waals surface area contributed by atoms with Crippen molar-refractivity contribution in [2.45, 2.75) is 0 Å². The van der Waals surface area contributed by atoms with Gasteiger partial charge in [0.15, 0.2) is 5.65 Å². The van der Waals surface area contributed by atoms with Crippen molar-refractivity contribution < 1.29 is 4.74 Å². The molecule has 2 aromatic heterocycles. The summed E-state index contributed by atoms with van der Waals surface area (Å²) < 4.78 is 5.78. The molecule has 0 amide bonds. The number of ether oxygens (including phenoxy) is 1. The van der Waals surface area contributed by atoms with Crippen molar-refractivity contribution in [1.29, 1.82) is 0 Å². The third kappa shape index (κ3) is 0.911. The fourth-order valence-electron chi connectivity index (χ4n) is 0.742. The van der Waals surface area contributed by atoms with Gasteiger partial charge in [0.2, 0.25) is 0 Å². The lowest BCUT2D eigenvalue weighted by Gasteiger charge is -1.94. The average Bonchev–Trinajstić information content (AvgIpc) is 2.50. The highest BCUT2D eigenvalue weighted by molar-refractivity contribution is 7.17. The van der Waals surface area contributed by atoms with E-state index < -0.39 is 0 Å². The van der Waals surface area contributed by atoms with E-state index in [0.717, 1.165) is 4.70 Å². The van der Waals surface area contributed by atoms with E-state index >= 15 is 0 Å². The van der Waals surface area contributed by atoms with Crippen LogP contribution in [-0.4, -0.2) is 27.5 Å². The number of aromatic nitrogens is 4. The van der Waals surface area contributed by atoms with Gasteiger partial charge in [-0.2, -0.15) is 0 Å². The van der Waals surface area contributed by atoms with Crippen molar-refractivity contribution in [3.63, 3.8) is 0 Å². The highest BCUT2D eigenvalue weighted by atomic mass is 32.1. The molecular weight excluding hydrogens is 164 g/mol. The summed E-state index contributed by atoms with van der Waals surface area (Å²) in [4.78, 5) is 3.95. The first-order valence-electron chi connectivity index (χ1n) is 2.88. The monoisotopic (exact) mass is 168 g/mol. The Hall–Kier alpha value is -1.30. The van der Waals surface area contributed by atoms with Crippen LogP contribution >= 0.6 is 11.3 Å². The number of hydrogen-bond donors (Lipinski definition) is 0. The van der Waals surface area contributed by atoms with Gasteiger partial charge in [-0.15, -0.1) is 16.4 Å². The number of thiazole rings is 1. The van der Waals surface area contributed by atoms with Gasteiger partial charge in [0.05, 0.1) is 12.6 Å². The van der Waals surface area contributed by atoms with E-state index in [0.29, 0.717) is 11.5 Å². The second-order valence-electron chi connectivity index (χ2n) is 1.80. The minimum atomic E-state index is 0.484. The van der Waals surface area contributed by atoms with Crippen LogP contribution in [0.15, 0.2) is 5.51 Å². The van der Waals surface area contributed by atoms with Gasteiger partial charge >= 0.3 is 0 Å². The Labute approximate surface area is 66.0 Å². The second-order valence-corrected chi connectivity index (χ2v) is 2.66. The van der Waals surface area contributed by atoms with Crippen LogP contribution in [0, 0.1) is 0 Å². The molecule has 2 heterocycles. The van der Waals surface area contributed by atoms with Gasteiger partial charge in [-0.3, -0.25) is 0 Å². The fourth-order valence-corrected chi connectivity index (χ4v) is 1.42. The number of nitrogens with zero attached hydrogens (tertiary/aromatic N) is 4. The standard InChI is InChI=1S/C5H4N4OS/c1-10-5-3-4(6-2-11-3)7-9-8-5/h2H,1H3. The molecule has 11 heavy (non-hydrogen) atoms. The molecule has 0 spiro atoms. The van der Waals surface area contributed by atoms with E-state index in [9.17, 15) is 0 Å². The zero-order valence-electron chi connectivity index (χ0n) is 5.68. The molecule has 0 aliphatic carbocycles. The first kappa shape index (κ1) is 6.41. The van der Waals surface area contributed by atoms with E-state index in [-0.39, 0.29) is 0 Å². The van der Waals surface area contributed by atoms with Gasteiger partial charge in [-0.05, 0) is 5.21 Å². The summed E-state index contributed by atoms with van der Waals surface area (Å²) in [6.07, 6.45) is 0. The fraction of sp³-hybridized carbons (Fsp3) is 0.200. The van der Waals surface area contributed by atoms with Gasteiger partial charge in [0, 0.05) is 0 Å². The molecule has 0 N–H and O–H groups in total. The van der Waals surface area contributed by atoms with Crippen LogP contribution in [0.2, 0.25) is 0 Å². The zero-order valence-corrected chi connectivity index (χ0v) is 6.50. The molecule has 0 aliphatic heterocycles. The van der Waals surface area contributed by atoms with Crippen LogP contribution in [0.1, 0.15) is 0 Å². The predicted molar refractivity (Wildman–Crippen MR) is 39.6 cm³/mol. The van der Waals surface area contributed by atoms with Crippen LogP contribution in [0.5, 0.6) is 5.88 Å². The summed E-state index contributed by atoms with van der Waals surface area (Å²) in [7, 11) is 1.54. The molecule has 56 valence electrons. The Morgan fingerprint density at radius 1 is 1.45 bits per heavy atom. The summed E-state index contributed by atoms with van der Waals surface area (Å²) in [5.74, 6) is 0.484. The zero-order chi connectivity index (χ0) is 7.68. The molecule has 0 radical (unpaired) electrons. The molecule has 2 aromatic rings. The summed E-state index contributed by atoms with van der Waals surface area (Å²) in [5, 5.41) is 10.9. The molecule has 0 atom stereocenters. The molecule has 0 aromatic carbocycles. The molecular formula is C5H4N4OS. The summed E-state index contributed by atoms with van der Waals surface area (Å²) in [5.41, 5.74) is 2.27. The Morgan fingerprint density at radius 3 is 3.18 bits per heavy atom. The Kier molecular flexibility index (Phi) is 1.39. The van der Waals surface area contributed by atoms with Crippen molar-refractivity contribution in [2.75, 3.05) is 7.11 Å². The van der Waals surface area contributed by atoms with Crippen molar-refractivity contribution in [2.24, 2.45) is 0 Å². The maximum atomic E-state index is 4.94. The largest absolute Gasteiger partial charge is 0.479 e. The van der Waals surface area contributed by atoms with Crippen LogP contribution in [-0.2, 0) is 0 Å². The molecule has 0 saturated carbocycles. The van der Waals surface area contributed by atoms with Crippen LogP contribution < -0.4 is 4.74 Å². The van der Waals surface area contributed by atoms with Crippen molar-refractivity contribution in [3.8, 4) is 5.88 Å². The summed E-state index contributed by atoms with van der Waals surface area (Å²) >= 11 is 1.44. The Bertz CT molecular complexity index is 373. The first-order chi connectivity index (χ1) is 5.42. The minimum Gasteiger partial charge on any atom is -0.479 e. The highest BCUT2D eigenvalue weighted by Gasteiger charge is 2.05. The Morgan fingerprint density at radius 2 is 2.36 bits per heavy atom. The summed E-state index contributed by atoms with van der Waals surface area (Å²) in [6.45, 7) is 0. The predicted octanol–water partition coefficient (Wildman–Crippen LogP) is 0.490. The number of fused-ring (bicyclic) bond motifs is 1. The van der Waals surface area contributed by atoms with Crippen molar-refractivity contribution >= 4 is 21.7 Å². The lowest BCUT2D eigenvalue weighted by molar-refractivity contribution is 0.396. The van der Waals surface area contributed by atoms with E-state index in [4.69, 9.17) is 4.74 Å². The SMILES string of the molecule is COc1nnnc2ncsc12. The normalized spacial score (nSPS) is 10.3. The van der Waals surface area contributed by atoms with Gasteiger partial charge in [-0.25, -0.2) is 4.98 Å². The molecule has 0 unspecified atom stereocenters. The molecule has 0 fully saturated rings. The van der Waals surface area contributed by atoms with Gasteiger partial charge < -0.3 is 4.74 Å². The number of hydrogen-bond acceptors (Lipinski definition) is 6. The second kappa shape index (κ2) is 2.39. The van der Waals surface area contributed by atoms with Crippen molar-refractivity contribution in [3.05, 3.63) is 5.51 Å². The molecule has 6 heteroatoms. The smallest absolute Gasteiger partial charge is 0.256 e. The van der Waals surface area contributed by atoms with Gasteiger partial charge in [0.25, 0.3) is 5.88 Å². The van der Waals surface area contributed by atoms with E-state index in [1.165, 1.54) is 11.3 Å². The number of rotatable bonds is 1. The Balaban J connectivity index is 2.79. The third-order valence-corrected chi connectivity index (χ3v) is 2.01. The maximum Gasteiger partial charge on any atom is 0.256 e. The van der Waals surface area contributed by atoms with Crippen molar-refractivity contribution in [1.82, 2.24) is 20.4 Å². The first-order valence-corrected chi connectivity index (χ1v) is 3.76. The van der Waals surface area contributed by atoms with E-state index in [2.05, 4.69) is 20.4 Å². The summed E-state index contributed by atoms with van der Waals surface area (Å²) in [6, 6.07) is 0. The lowest BCUT2D eigenvalue weighted by Crippen LogP contribution is -1.92. The van der Waals surface area contributed by atoms with Crippen LogP contribution in [0.25, 0.3) is 10.3 Å². The van der Waals surface area contributed by atoms with Gasteiger partial charge in [0.1, 0.15) is 4.70 Å². The molecule has 0 saturated heterocycles. The lowest BCUT2D eigenvalue weighted by atomic mass is 10.6. The van der Waals surface area contributed by atoms with Crippen LogP contribution in [0.4, 0.5) is 0 Å². The number of methoxy groups -OCH3 is 1. The highest BCUT2D eigenvalue weighted by Crippen LogP contribution is 2.22. The third-order valence-electron chi connectivity index (χ3n) is 1.21. The van der Waals surface area contributed by atoms with E-state index in [1.807, 2.05) is 0 Å². The quantitative estimate of drug-likeness (QED) is 0.620. The van der Waals surface area contributed by atoms with E-state index in [1.54, 1.807) is 12.6 Å². The van der Waals surface area contributed by atoms with Crippen LogP contribution in [0.3, 0.4) is 0 Å². The molecule has 5 nitrogen and oxygen atoms in total. The average molecular weight is 168 g/mol. The molecule has 2 rings (SSSR count).